The van der Waals surface area contributed by atoms with Crippen LogP contribution in [0, 0.1) is 13.8 Å². The Morgan fingerprint density at radius 2 is 1.88 bits per heavy atom. The quantitative estimate of drug-likeness (QED) is 0.578. The van der Waals surface area contributed by atoms with Crippen molar-refractivity contribution in [1.82, 2.24) is 4.90 Å². The average molecular weight is 462 g/mol. The summed E-state index contributed by atoms with van der Waals surface area (Å²) in [5, 5.41) is 5.71. The number of aliphatic imine (C=N–C) groups is 1. The number of nitrogens with one attached hydrogen (secondary N) is 1. The molecule has 0 fully saturated rings. The van der Waals surface area contributed by atoms with Gasteiger partial charge >= 0.3 is 5.97 Å². The lowest BCUT2D eigenvalue weighted by molar-refractivity contribution is -0.136. The Morgan fingerprint density at radius 3 is 2.55 bits per heavy atom. The van der Waals surface area contributed by atoms with Gasteiger partial charge in [0.15, 0.2) is 5.17 Å². The van der Waals surface area contributed by atoms with E-state index in [1.807, 2.05) is 79.6 Å². The summed E-state index contributed by atoms with van der Waals surface area (Å²) in [6.07, 6.45) is 0.770. The summed E-state index contributed by atoms with van der Waals surface area (Å²) in [7, 11) is 1.39. The van der Waals surface area contributed by atoms with E-state index in [0.29, 0.717) is 17.7 Å². The van der Waals surface area contributed by atoms with E-state index < -0.39 is 12.0 Å². The second kappa shape index (κ2) is 9.67. The number of aryl methyl sites for hydroxylation is 2. The molecule has 0 spiro atoms. The van der Waals surface area contributed by atoms with Gasteiger partial charge in [0, 0.05) is 11.4 Å². The number of esters is 1. The largest absolute Gasteiger partial charge is 0.466 e. The van der Waals surface area contributed by atoms with Gasteiger partial charge in [0.2, 0.25) is 5.91 Å². The molecule has 0 radical (unpaired) electrons. The Kier molecular flexibility index (Phi) is 6.70. The molecule has 1 atom stereocenters. The Hall–Kier alpha value is -3.32. The normalized spacial score (nSPS) is 17.3. The number of allylic oxidation sites excluding steroid dienone is 1. The Balaban J connectivity index is 1.65. The number of benzene rings is 2. The fraction of sp³-hybridized carbons (Fsp3) is 0.269. The highest BCUT2D eigenvalue weighted by atomic mass is 32.2. The van der Waals surface area contributed by atoms with E-state index in [4.69, 9.17) is 9.73 Å². The van der Waals surface area contributed by atoms with Gasteiger partial charge in [0.25, 0.3) is 0 Å². The maximum absolute atomic E-state index is 12.9. The van der Waals surface area contributed by atoms with Crippen LogP contribution in [0.5, 0.6) is 0 Å². The van der Waals surface area contributed by atoms with Gasteiger partial charge < -0.3 is 15.0 Å². The number of nitrogens with zero attached hydrogens (tertiary/aromatic N) is 2. The van der Waals surface area contributed by atoms with Crippen LogP contribution in [0.1, 0.15) is 42.5 Å². The number of methoxy groups -OCH3 is 1. The standard InChI is InChI=1S/C26H27N3O3S/c1-5-21-23(25(31)32-4)24(18-9-7-6-8-10-18)29-20(15-33-26(29)28-21)14-22(30)27-19-12-11-16(2)17(3)13-19/h6-13,15,24H,5,14H2,1-4H3,(H,27,30)/t24-/m1/s1. The van der Waals surface area contributed by atoms with Crippen molar-refractivity contribution < 1.29 is 14.3 Å². The third-order valence-electron chi connectivity index (χ3n) is 5.88. The zero-order valence-corrected chi connectivity index (χ0v) is 20.0. The summed E-state index contributed by atoms with van der Waals surface area (Å²) in [6.45, 7) is 6.04. The van der Waals surface area contributed by atoms with Crippen molar-refractivity contribution in [3.8, 4) is 0 Å². The number of hydrogen-bond acceptors (Lipinski definition) is 6. The highest BCUT2D eigenvalue weighted by Crippen LogP contribution is 2.45. The summed E-state index contributed by atoms with van der Waals surface area (Å²) in [6, 6.07) is 15.3. The van der Waals surface area contributed by atoms with Crippen molar-refractivity contribution in [3.63, 3.8) is 0 Å². The molecule has 7 heteroatoms. The molecule has 2 heterocycles. The number of ether oxygens (including phenoxy) is 1. The van der Waals surface area contributed by atoms with Gasteiger partial charge in [0.05, 0.1) is 30.8 Å². The number of anilines is 1. The highest BCUT2D eigenvalue weighted by Gasteiger charge is 2.41. The zero-order chi connectivity index (χ0) is 23.5. The predicted molar refractivity (Wildman–Crippen MR) is 133 cm³/mol. The molecule has 0 saturated heterocycles. The molecule has 0 aromatic heterocycles. The molecule has 6 nitrogen and oxygen atoms in total. The molecular formula is C26H27N3O3S. The minimum Gasteiger partial charge on any atom is -0.466 e. The number of amidine groups is 1. The SMILES string of the molecule is CCC1=C(C(=O)OC)[C@@H](c2ccccc2)N2C(CC(=O)Nc3ccc(C)c(C)c3)=CSC2=N1. The molecule has 170 valence electrons. The van der Waals surface area contributed by atoms with Crippen molar-refractivity contribution in [3.05, 3.63) is 87.6 Å². The predicted octanol–water partition coefficient (Wildman–Crippen LogP) is 5.47. The number of fused-ring (bicyclic) bond motifs is 1. The van der Waals surface area contributed by atoms with Crippen LogP contribution in [0.3, 0.4) is 0 Å². The van der Waals surface area contributed by atoms with Gasteiger partial charge in [-0.1, -0.05) is 55.1 Å². The minimum atomic E-state index is -0.406. The lowest BCUT2D eigenvalue weighted by Gasteiger charge is -2.36. The Labute approximate surface area is 198 Å². The number of hydrogen-bond donors (Lipinski definition) is 1. The fourth-order valence-corrected chi connectivity index (χ4v) is 4.99. The molecular weight excluding hydrogens is 434 g/mol. The highest BCUT2D eigenvalue weighted by molar-refractivity contribution is 8.16. The maximum Gasteiger partial charge on any atom is 0.338 e. The van der Waals surface area contributed by atoms with Crippen molar-refractivity contribution >= 4 is 34.5 Å². The van der Waals surface area contributed by atoms with Crippen LogP contribution >= 0.6 is 11.8 Å². The third kappa shape index (κ3) is 4.59. The summed E-state index contributed by atoms with van der Waals surface area (Å²) in [5.74, 6) is -0.526. The molecule has 2 aromatic carbocycles. The van der Waals surface area contributed by atoms with Gasteiger partial charge in [0.1, 0.15) is 0 Å². The van der Waals surface area contributed by atoms with Gasteiger partial charge in [-0.3, -0.25) is 4.79 Å². The number of carbonyl (C=O) groups excluding carboxylic acids is 2. The van der Waals surface area contributed by atoms with Gasteiger partial charge in [-0.15, -0.1) is 0 Å². The molecule has 0 saturated carbocycles. The van der Waals surface area contributed by atoms with E-state index >= 15 is 0 Å². The topological polar surface area (TPSA) is 71.0 Å². The van der Waals surface area contributed by atoms with Crippen LogP contribution in [0.4, 0.5) is 5.69 Å². The van der Waals surface area contributed by atoms with E-state index in [0.717, 1.165) is 27.7 Å². The number of amides is 1. The molecule has 0 bridgehead atoms. The maximum atomic E-state index is 12.9. The lowest BCUT2D eigenvalue weighted by atomic mass is 9.93. The van der Waals surface area contributed by atoms with Crippen molar-refractivity contribution in [2.75, 3.05) is 12.4 Å². The molecule has 2 aliphatic heterocycles. The van der Waals surface area contributed by atoms with Crippen LogP contribution in [0.15, 0.2) is 75.9 Å². The molecule has 2 aliphatic rings. The zero-order valence-electron chi connectivity index (χ0n) is 19.2. The minimum absolute atomic E-state index is 0.122. The van der Waals surface area contributed by atoms with Crippen molar-refractivity contribution in [2.24, 2.45) is 4.99 Å². The van der Waals surface area contributed by atoms with E-state index in [1.165, 1.54) is 24.4 Å². The first-order valence-electron chi connectivity index (χ1n) is 10.9. The molecule has 1 amide bonds. The lowest BCUT2D eigenvalue weighted by Crippen LogP contribution is -2.37. The molecule has 2 aromatic rings. The average Bonchev–Trinajstić information content (AvgIpc) is 3.22. The summed E-state index contributed by atoms with van der Waals surface area (Å²) in [5.41, 5.74) is 6.03. The second-order valence-electron chi connectivity index (χ2n) is 8.03. The van der Waals surface area contributed by atoms with E-state index in [-0.39, 0.29) is 12.3 Å². The van der Waals surface area contributed by atoms with Gasteiger partial charge in [-0.25, -0.2) is 9.79 Å². The summed E-state index contributed by atoms with van der Waals surface area (Å²) < 4.78 is 5.14. The first kappa shape index (κ1) is 22.9. The first-order chi connectivity index (χ1) is 15.9. The van der Waals surface area contributed by atoms with Gasteiger partial charge in [-0.2, -0.15) is 0 Å². The molecule has 4 rings (SSSR count). The van der Waals surface area contributed by atoms with Crippen LogP contribution in [-0.4, -0.2) is 29.1 Å². The van der Waals surface area contributed by atoms with Crippen LogP contribution in [0.25, 0.3) is 0 Å². The monoisotopic (exact) mass is 461 g/mol. The van der Waals surface area contributed by atoms with Gasteiger partial charge in [-0.05, 0) is 54.5 Å². The van der Waals surface area contributed by atoms with E-state index in [1.54, 1.807) is 0 Å². The number of carbonyl (C=O) groups is 2. The number of thioether (sulfide) groups is 1. The smallest absolute Gasteiger partial charge is 0.338 e. The molecule has 1 N–H and O–H groups in total. The third-order valence-corrected chi connectivity index (χ3v) is 6.77. The van der Waals surface area contributed by atoms with Crippen LogP contribution < -0.4 is 5.32 Å². The second-order valence-corrected chi connectivity index (χ2v) is 8.87. The molecule has 0 aliphatic carbocycles. The molecule has 33 heavy (non-hydrogen) atoms. The molecule has 0 unspecified atom stereocenters. The number of rotatable bonds is 6. The van der Waals surface area contributed by atoms with Crippen LogP contribution in [-0.2, 0) is 14.3 Å². The van der Waals surface area contributed by atoms with E-state index in [9.17, 15) is 9.59 Å². The summed E-state index contributed by atoms with van der Waals surface area (Å²) >= 11 is 1.47. The fourth-order valence-electron chi connectivity index (χ4n) is 4.05. The summed E-state index contributed by atoms with van der Waals surface area (Å²) in [4.78, 5) is 32.5. The van der Waals surface area contributed by atoms with Crippen molar-refractivity contribution in [2.45, 2.75) is 39.7 Å². The first-order valence-corrected chi connectivity index (χ1v) is 11.8. The van der Waals surface area contributed by atoms with Crippen LogP contribution in [0.2, 0.25) is 0 Å². The van der Waals surface area contributed by atoms with E-state index in [2.05, 4.69) is 5.32 Å². The van der Waals surface area contributed by atoms with Crippen molar-refractivity contribution in [1.29, 1.82) is 0 Å². The Bertz CT molecular complexity index is 1180. The Morgan fingerprint density at radius 1 is 1.12 bits per heavy atom.